The van der Waals surface area contributed by atoms with Gasteiger partial charge in [-0.15, -0.1) is 24.0 Å². The Morgan fingerprint density at radius 2 is 1.94 bits per heavy atom. The van der Waals surface area contributed by atoms with Crippen molar-refractivity contribution in [3.05, 3.63) is 52.8 Å². The SMILES string of the molecule is CCNC(=NCC(c1cnn(C)c1)N(C)C)NC1CCN(Cc2ccc(Cl)cc2)CC1.I. The van der Waals surface area contributed by atoms with Crippen LogP contribution in [0.4, 0.5) is 0 Å². The third kappa shape index (κ3) is 8.20. The van der Waals surface area contributed by atoms with E-state index in [4.69, 9.17) is 16.6 Å². The van der Waals surface area contributed by atoms with Gasteiger partial charge in [0.25, 0.3) is 0 Å². The molecule has 2 N–H and O–H groups in total. The summed E-state index contributed by atoms with van der Waals surface area (Å²) in [4.78, 5) is 9.60. The molecule has 1 aliphatic heterocycles. The molecule has 3 rings (SSSR count). The second-order valence-electron chi connectivity index (χ2n) is 8.47. The van der Waals surface area contributed by atoms with E-state index in [1.165, 1.54) is 11.1 Å². The Morgan fingerprint density at radius 3 is 2.50 bits per heavy atom. The van der Waals surface area contributed by atoms with Gasteiger partial charge >= 0.3 is 0 Å². The van der Waals surface area contributed by atoms with Crippen molar-refractivity contribution in [1.29, 1.82) is 0 Å². The molecule has 32 heavy (non-hydrogen) atoms. The van der Waals surface area contributed by atoms with Gasteiger partial charge in [-0.2, -0.15) is 5.10 Å². The molecule has 7 nitrogen and oxygen atoms in total. The average Bonchev–Trinajstić information content (AvgIpc) is 3.17. The Bertz CT molecular complexity index is 829. The summed E-state index contributed by atoms with van der Waals surface area (Å²) in [5, 5.41) is 12.2. The first-order valence-electron chi connectivity index (χ1n) is 11.1. The monoisotopic (exact) mass is 573 g/mol. The maximum absolute atomic E-state index is 6.00. The maximum atomic E-state index is 6.00. The van der Waals surface area contributed by atoms with E-state index >= 15 is 0 Å². The summed E-state index contributed by atoms with van der Waals surface area (Å²) >= 11 is 6.00. The van der Waals surface area contributed by atoms with Crippen molar-refractivity contribution in [2.45, 2.75) is 38.4 Å². The van der Waals surface area contributed by atoms with E-state index in [1.807, 2.05) is 30.1 Å². The molecule has 1 fully saturated rings. The van der Waals surface area contributed by atoms with E-state index < -0.39 is 0 Å². The van der Waals surface area contributed by atoms with Gasteiger partial charge in [-0.25, -0.2) is 0 Å². The molecule has 2 aromatic rings. The van der Waals surface area contributed by atoms with Crippen molar-refractivity contribution in [2.75, 3.05) is 40.3 Å². The number of aromatic nitrogens is 2. The number of halogens is 2. The van der Waals surface area contributed by atoms with Gasteiger partial charge in [0.05, 0.1) is 18.8 Å². The lowest BCUT2D eigenvalue weighted by atomic mass is 10.0. The fraction of sp³-hybridized carbons (Fsp3) is 0.565. The van der Waals surface area contributed by atoms with Crippen LogP contribution in [0, 0.1) is 0 Å². The van der Waals surface area contributed by atoms with Gasteiger partial charge in [0.1, 0.15) is 0 Å². The van der Waals surface area contributed by atoms with Crippen LogP contribution in [0.5, 0.6) is 0 Å². The van der Waals surface area contributed by atoms with Crippen LogP contribution in [-0.4, -0.2) is 71.9 Å². The molecule has 178 valence electrons. The zero-order chi connectivity index (χ0) is 22.2. The van der Waals surface area contributed by atoms with Crippen molar-refractivity contribution in [1.82, 2.24) is 30.2 Å². The Balaban J connectivity index is 0.00000363. The molecule has 1 saturated heterocycles. The molecule has 1 atom stereocenters. The summed E-state index contributed by atoms with van der Waals surface area (Å²) in [7, 11) is 6.12. The molecule has 0 spiro atoms. The second-order valence-corrected chi connectivity index (χ2v) is 8.90. The molecule has 1 aromatic carbocycles. The quantitative estimate of drug-likeness (QED) is 0.288. The Labute approximate surface area is 214 Å². The lowest BCUT2D eigenvalue weighted by Gasteiger charge is -2.33. The van der Waals surface area contributed by atoms with Crippen LogP contribution in [-0.2, 0) is 13.6 Å². The molecular weight excluding hydrogens is 537 g/mol. The third-order valence-electron chi connectivity index (χ3n) is 5.75. The maximum Gasteiger partial charge on any atom is 0.191 e. The van der Waals surface area contributed by atoms with E-state index in [9.17, 15) is 0 Å². The first-order chi connectivity index (χ1) is 14.9. The summed E-state index contributed by atoms with van der Waals surface area (Å²) < 4.78 is 1.84. The predicted octanol–water partition coefficient (Wildman–Crippen LogP) is 3.51. The number of aryl methyl sites for hydroxylation is 1. The summed E-state index contributed by atoms with van der Waals surface area (Å²) in [6, 6.07) is 8.81. The Hall–Kier alpha value is -1.36. The number of hydrogen-bond donors (Lipinski definition) is 2. The first kappa shape index (κ1) is 26.9. The molecule has 1 aliphatic rings. The van der Waals surface area contributed by atoms with E-state index in [0.717, 1.165) is 50.0 Å². The number of piperidine rings is 1. The van der Waals surface area contributed by atoms with Crippen molar-refractivity contribution in [3.63, 3.8) is 0 Å². The lowest BCUT2D eigenvalue weighted by Crippen LogP contribution is -2.48. The van der Waals surface area contributed by atoms with Crippen molar-refractivity contribution in [2.24, 2.45) is 12.0 Å². The highest BCUT2D eigenvalue weighted by atomic mass is 127. The van der Waals surface area contributed by atoms with E-state index in [-0.39, 0.29) is 30.0 Å². The van der Waals surface area contributed by atoms with Crippen molar-refractivity contribution in [3.8, 4) is 0 Å². The lowest BCUT2D eigenvalue weighted by molar-refractivity contribution is 0.198. The van der Waals surface area contributed by atoms with Gasteiger partial charge in [0.2, 0.25) is 0 Å². The standard InChI is InChI=1S/C23H36ClN7.HI/c1-5-25-23(26-15-22(29(2)3)19-14-27-30(4)17-19)28-21-10-12-31(13-11-21)16-18-6-8-20(24)9-7-18;/h6-9,14,17,21-22H,5,10-13,15-16H2,1-4H3,(H2,25,26,28);1H. The van der Waals surface area contributed by atoms with Crippen LogP contribution in [0.15, 0.2) is 41.7 Å². The molecule has 0 radical (unpaired) electrons. The fourth-order valence-electron chi connectivity index (χ4n) is 3.95. The van der Waals surface area contributed by atoms with Crippen LogP contribution >= 0.6 is 35.6 Å². The van der Waals surface area contributed by atoms with Crippen molar-refractivity contribution < 1.29 is 0 Å². The van der Waals surface area contributed by atoms with Crippen molar-refractivity contribution >= 4 is 41.5 Å². The number of nitrogens with zero attached hydrogens (tertiary/aromatic N) is 5. The fourth-order valence-corrected chi connectivity index (χ4v) is 4.08. The molecule has 1 unspecified atom stereocenters. The Kier molecular flexibility index (Phi) is 11.2. The minimum atomic E-state index is 0. The molecule has 9 heteroatoms. The number of likely N-dealkylation sites (tertiary alicyclic amines) is 1. The van der Waals surface area contributed by atoms with Gasteiger partial charge in [0, 0.05) is 56.1 Å². The number of hydrogen-bond acceptors (Lipinski definition) is 4. The molecular formula is C23H37ClIN7. The molecule has 2 heterocycles. The van der Waals surface area contributed by atoms with E-state index in [2.05, 4.69) is 64.9 Å². The zero-order valence-corrected chi connectivity index (χ0v) is 22.7. The highest BCUT2D eigenvalue weighted by Crippen LogP contribution is 2.18. The molecule has 0 saturated carbocycles. The molecule has 0 bridgehead atoms. The third-order valence-corrected chi connectivity index (χ3v) is 6.00. The van der Waals surface area contributed by atoms with Gasteiger partial charge < -0.3 is 15.5 Å². The number of nitrogens with one attached hydrogen (secondary N) is 2. The average molecular weight is 574 g/mol. The zero-order valence-electron chi connectivity index (χ0n) is 19.6. The number of rotatable bonds is 8. The molecule has 1 aromatic heterocycles. The predicted molar refractivity (Wildman–Crippen MR) is 144 cm³/mol. The van der Waals surface area contributed by atoms with Crippen LogP contribution in [0.2, 0.25) is 5.02 Å². The topological polar surface area (TPSA) is 60.7 Å². The second kappa shape index (κ2) is 13.4. The van der Waals surface area contributed by atoms with E-state index in [0.29, 0.717) is 12.6 Å². The normalized spacial score (nSPS) is 16.6. The molecule has 0 amide bonds. The van der Waals surface area contributed by atoms with Crippen LogP contribution in [0.3, 0.4) is 0 Å². The summed E-state index contributed by atoms with van der Waals surface area (Å²) in [5.41, 5.74) is 2.50. The number of likely N-dealkylation sites (N-methyl/N-ethyl adjacent to an activating group) is 1. The smallest absolute Gasteiger partial charge is 0.191 e. The summed E-state index contributed by atoms with van der Waals surface area (Å²) in [6.45, 7) is 6.78. The number of guanidine groups is 1. The Morgan fingerprint density at radius 1 is 1.25 bits per heavy atom. The van der Waals surface area contributed by atoms with Crippen LogP contribution < -0.4 is 10.6 Å². The number of benzene rings is 1. The highest BCUT2D eigenvalue weighted by molar-refractivity contribution is 14.0. The van der Waals surface area contributed by atoms with E-state index in [1.54, 1.807) is 0 Å². The van der Waals surface area contributed by atoms with Crippen LogP contribution in [0.25, 0.3) is 0 Å². The minimum Gasteiger partial charge on any atom is -0.357 e. The summed E-state index contributed by atoms with van der Waals surface area (Å²) in [6.07, 6.45) is 6.21. The number of aliphatic imine (C=N–C) groups is 1. The van der Waals surface area contributed by atoms with Gasteiger partial charge in [-0.1, -0.05) is 23.7 Å². The molecule has 0 aliphatic carbocycles. The van der Waals surface area contributed by atoms with Crippen LogP contribution in [0.1, 0.15) is 36.9 Å². The van der Waals surface area contributed by atoms with Gasteiger partial charge in [-0.05, 0) is 51.6 Å². The minimum absolute atomic E-state index is 0. The first-order valence-corrected chi connectivity index (χ1v) is 11.5. The van der Waals surface area contributed by atoms with Gasteiger partial charge in [-0.3, -0.25) is 14.6 Å². The largest absolute Gasteiger partial charge is 0.357 e. The highest BCUT2D eigenvalue weighted by Gasteiger charge is 2.21. The summed E-state index contributed by atoms with van der Waals surface area (Å²) in [5.74, 6) is 0.898. The van der Waals surface area contributed by atoms with Gasteiger partial charge in [0.15, 0.2) is 5.96 Å².